The van der Waals surface area contributed by atoms with Crippen molar-refractivity contribution in [3.05, 3.63) is 63.5 Å². The Labute approximate surface area is 159 Å². The van der Waals surface area contributed by atoms with Crippen LogP contribution in [0.1, 0.15) is 11.3 Å². The molecule has 0 saturated heterocycles. The number of halogens is 3. The summed E-state index contributed by atoms with van der Waals surface area (Å²) in [5.41, 5.74) is 3.61. The Morgan fingerprint density at radius 3 is 2.77 bits per heavy atom. The fourth-order valence-electron chi connectivity index (χ4n) is 3.37. The Bertz CT molecular complexity index is 985. The number of anilines is 1. The van der Waals surface area contributed by atoms with E-state index in [1.807, 2.05) is 0 Å². The Morgan fingerprint density at radius 1 is 1.23 bits per heavy atom. The Balaban J connectivity index is 1.46. The van der Waals surface area contributed by atoms with Gasteiger partial charge in [0.25, 0.3) is 0 Å². The quantitative estimate of drug-likeness (QED) is 0.684. The van der Waals surface area contributed by atoms with Crippen molar-refractivity contribution in [1.82, 2.24) is 9.88 Å². The van der Waals surface area contributed by atoms with E-state index in [4.69, 9.17) is 23.2 Å². The van der Waals surface area contributed by atoms with Crippen LogP contribution in [0.4, 0.5) is 10.1 Å². The number of carbonyl (C=O) groups excluding carboxylic acids is 1. The zero-order chi connectivity index (χ0) is 18.3. The van der Waals surface area contributed by atoms with E-state index >= 15 is 0 Å². The Kier molecular flexibility index (Phi) is 4.61. The predicted octanol–water partition coefficient (Wildman–Crippen LogP) is 4.61. The lowest BCUT2D eigenvalue weighted by atomic mass is 10.0. The maximum Gasteiger partial charge on any atom is 0.238 e. The summed E-state index contributed by atoms with van der Waals surface area (Å²) in [5.74, 6) is -0.516. The SMILES string of the molecule is O=C(CN1CCc2c([nH]c3cc(F)c(Cl)cc23)C1)Nc1ccc(Cl)cc1. The first-order valence-electron chi connectivity index (χ1n) is 8.26. The molecule has 1 aliphatic rings. The third kappa shape index (κ3) is 3.43. The summed E-state index contributed by atoms with van der Waals surface area (Å²) in [6, 6.07) is 10.1. The van der Waals surface area contributed by atoms with Crippen molar-refractivity contribution in [2.24, 2.45) is 0 Å². The first kappa shape index (κ1) is 17.3. The second kappa shape index (κ2) is 6.91. The van der Waals surface area contributed by atoms with E-state index in [9.17, 15) is 9.18 Å². The van der Waals surface area contributed by atoms with Crippen molar-refractivity contribution in [3.63, 3.8) is 0 Å². The minimum absolute atomic E-state index is 0.0824. The zero-order valence-electron chi connectivity index (χ0n) is 13.8. The van der Waals surface area contributed by atoms with Crippen LogP contribution < -0.4 is 5.32 Å². The lowest BCUT2D eigenvalue weighted by Gasteiger charge is -2.26. The highest BCUT2D eigenvalue weighted by molar-refractivity contribution is 6.31. The molecule has 0 radical (unpaired) electrons. The monoisotopic (exact) mass is 391 g/mol. The third-order valence-electron chi connectivity index (χ3n) is 4.59. The van der Waals surface area contributed by atoms with E-state index in [0.29, 0.717) is 17.3 Å². The predicted molar refractivity (Wildman–Crippen MR) is 102 cm³/mol. The molecule has 7 heteroatoms. The van der Waals surface area contributed by atoms with Gasteiger partial charge in [-0.15, -0.1) is 0 Å². The topological polar surface area (TPSA) is 48.1 Å². The Hall–Kier alpha value is -2.08. The fraction of sp³-hybridized carbons (Fsp3) is 0.211. The van der Waals surface area contributed by atoms with Gasteiger partial charge in [-0.3, -0.25) is 9.69 Å². The molecule has 0 atom stereocenters. The number of nitrogens with zero attached hydrogens (tertiary/aromatic N) is 1. The maximum absolute atomic E-state index is 13.7. The first-order valence-corrected chi connectivity index (χ1v) is 9.01. The van der Waals surface area contributed by atoms with E-state index in [2.05, 4.69) is 15.2 Å². The van der Waals surface area contributed by atoms with Crippen LogP contribution in [0.25, 0.3) is 10.9 Å². The van der Waals surface area contributed by atoms with Gasteiger partial charge in [-0.1, -0.05) is 23.2 Å². The van der Waals surface area contributed by atoms with Gasteiger partial charge in [0.2, 0.25) is 5.91 Å². The number of aromatic nitrogens is 1. The Morgan fingerprint density at radius 2 is 2.00 bits per heavy atom. The van der Waals surface area contributed by atoms with Crippen LogP contribution in [0.2, 0.25) is 10.0 Å². The van der Waals surface area contributed by atoms with Crippen LogP contribution in [-0.4, -0.2) is 28.9 Å². The summed E-state index contributed by atoms with van der Waals surface area (Å²) in [4.78, 5) is 17.6. The van der Waals surface area contributed by atoms with Crippen molar-refractivity contribution < 1.29 is 9.18 Å². The number of benzene rings is 2. The molecule has 0 bridgehead atoms. The standard InChI is InChI=1S/C19H16Cl2FN3O/c20-11-1-3-12(4-2-11)23-19(26)10-25-6-5-13-14-7-15(21)16(22)8-17(14)24-18(13)9-25/h1-4,7-8,24H,5-6,9-10H2,(H,23,26). The number of hydrogen-bond donors (Lipinski definition) is 2. The van der Waals surface area contributed by atoms with Gasteiger partial charge in [-0.25, -0.2) is 4.39 Å². The molecule has 1 aliphatic heterocycles. The van der Waals surface area contributed by atoms with Crippen molar-refractivity contribution in [2.45, 2.75) is 13.0 Å². The molecule has 1 aromatic heterocycles. The molecule has 0 spiro atoms. The van der Waals surface area contributed by atoms with Crippen LogP contribution in [-0.2, 0) is 17.8 Å². The normalized spacial score (nSPS) is 14.4. The minimum atomic E-state index is -0.433. The number of fused-ring (bicyclic) bond motifs is 3. The van der Waals surface area contributed by atoms with Crippen LogP contribution >= 0.6 is 23.2 Å². The lowest BCUT2D eigenvalue weighted by molar-refractivity contribution is -0.117. The number of H-pyrrole nitrogens is 1. The number of rotatable bonds is 3. The summed E-state index contributed by atoms with van der Waals surface area (Å²) in [6.07, 6.45) is 0.783. The molecule has 0 unspecified atom stereocenters. The van der Waals surface area contributed by atoms with E-state index in [1.165, 1.54) is 6.07 Å². The molecule has 26 heavy (non-hydrogen) atoms. The molecule has 0 aliphatic carbocycles. The first-order chi connectivity index (χ1) is 12.5. The average molecular weight is 392 g/mol. The molecule has 134 valence electrons. The van der Waals surface area contributed by atoms with Gasteiger partial charge in [0.05, 0.1) is 11.6 Å². The number of nitrogens with one attached hydrogen (secondary N) is 2. The molecule has 0 saturated carbocycles. The van der Waals surface area contributed by atoms with Crippen LogP contribution in [0.5, 0.6) is 0 Å². The van der Waals surface area contributed by atoms with E-state index in [1.54, 1.807) is 30.3 Å². The average Bonchev–Trinajstić information content (AvgIpc) is 2.94. The number of aromatic amines is 1. The highest BCUT2D eigenvalue weighted by atomic mass is 35.5. The smallest absolute Gasteiger partial charge is 0.238 e. The van der Waals surface area contributed by atoms with Gasteiger partial charge in [0, 0.05) is 40.4 Å². The van der Waals surface area contributed by atoms with E-state index in [-0.39, 0.29) is 17.5 Å². The molecule has 2 aromatic carbocycles. The van der Waals surface area contributed by atoms with Crippen LogP contribution in [0.15, 0.2) is 36.4 Å². The molecule has 0 fully saturated rings. The van der Waals surface area contributed by atoms with Crippen molar-refractivity contribution in [3.8, 4) is 0 Å². The largest absolute Gasteiger partial charge is 0.357 e. The second-order valence-corrected chi connectivity index (χ2v) is 7.25. The minimum Gasteiger partial charge on any atom is -0.357 e. The van der Waals surface area contributed by atoms with Crippen LogP contribution in [0, 0.1) is 5.82 Å². The molecule has 1 amide bonds. The summed E-state index contributed by atoms with van der Waals surface area (Å²) < 4.78 is 13.7. The van der Waals surface area contributed by atoms with Crippen LogP contribution in [0.3, 0.4) is 0 Å². The summed E-state index contributed by atoms with van der Waals surface area (Å²) in [7, 11) is 0. The molecule has 4 nitrogen and oxygen atoms in total. The van der Waals surface area contributed by atoms with Gasteiger partial charge in [0.1, 0.15) is 5.82 Å². The maximum atomic E-state index is 13.7. The molecule has 4 rings (SSSR count). The van der Waals surface area contributed by atoms with Gasteiger partial charge >= 0.3 is 0 Å². The third-order valence-corrected chi connectivity index (χ3v) is 5.13. The van der Waals surface area contributed by atoms with Gasteiger partial charge < -0.3 is 10.3 Å². The van der Waals surface area contributed by atoms with Crippen molar-refractivity contribution in [1.29, 1.82) is 0 Å². The molecular weight excluding hydrogens is 376 g/mol. The van der Waals surface area contributed by atoms with Crippen molar-refractivity contribution in [2.75, 3.05) is 18.4 Å². The molecule has 2 N–H and O–H groups in total. The highest BCUT2D eigenvalue weighted by Gasteiger charge is 2.23. The number of amides is 1. The molecule has 3 aromatic rings. The second-order valence-electron chi connectivity index (χ2n) is 6.41. The van der Waals surface area contributed by atoms with Gasteiger partial charge in [0.15, 0.2) is 0 Å². The number of carbonyl (C=O) groups is 1. The summed E-state index contributed by atoms with van der Waals surface area (Å²) in [5, 5.41) is 4.58. The van der Waals surface area contributed by atoms with E-state index in [0.717, 1.165) is 35.1 Å². The summed E-state index contributed by atoms with van der Waals surface area (Å²) >= 11 is 11.8. The fourth-order valence-corrected chi connectivity index (χ4v) is 3.66. The zero-order valence-corrected chi connectivity index (χ0v) is 15.3. The lowest BCUT2D eigenvalue weighted by Crippen LogP contribution is -2.37. The van der Waals surface area contributed by atoms with Crippen molar-refractivity contribution >= 4 is 45.7 Å². The molecular formula is C19H16Cl2FN3O. The number of hydrogen-bond acceptors (Lipinski definition) is 2. The highest BCUT2D eigenvalue weighted by Crippen LogP contribution is 2.31. The summed E-state index contributed by atoms with van der Waals surface area (Å²) in [6.45, 7) is 1.65. The molecule has 2 heterocycles. The van der Waals surface area contributed by atoms with Gasteiger partial charge in [-0.2, -0.15) is 0 Å². The van der Waals surface area contributed by atoms with E-state index < -0.39 is 5.82 Å². The van der Waals surface area contributed by atoms with Gasteiger partial charge in [-0.05, 0) is 48.4 Å².